The van der Waals surface area contributed by atoms with Crippen LogP contribution in [0.2, 0.25) is 5.02 Å². The Balaban J connectivity index is 1.53. The minimum atomic E-state index is -1.23. The maximum Gasteiger partial charge on any atom is 0.255 e. The number of benzene rings is 3. The van der Waals surface area contributed by atoms with Gasteiger partial charge in [0.25, 0.3) is 5.91 Å². The molecule has 0 saturated heterocycles. The van der Waals surface area contributed by atoms with Gasteiger partial charge in [-0.1, -0.05) is 54.1 Å². The molecule has 0 spiro atoms. The average Bonchev–Trinajstić information content (AvgIpc) is 3.02. The number of hydrogen-bond donors (Lipinski definition) is 3. The van der Waals surface area contributed by atoms with E-state index in [2.05, 4.69) is 16.0 Å². The zero-order valence-electron chi connectivity index (χ0n) is 24.8. The van der Waals surface area contributed by atoms with Crippen molar-refractivity contribution < 1.29 is 28.7 Å². The van der Waals surface area contributed by atoms with Crippen LogP contribution in [0.3, 0.4) is 0 Å². The molecule has 1 heterocycles. The second-order valence-corrected chi connectivity index (χ2v) is 10.8. The molecule has 10 nitrogen and oxygen atoms in total. The molecule has 0 aliphatic carbocycles. The summed E-state index contributed by atoms with van der Waals surface area (Å²) in [4.78, 5) is 55.2. The zero-order valence-corrected chi connectivity index (χ0v) is 25.6. The summed E-state index contributed by atoms with van der Waals surface area (Å²) in [5.74, 6) is -1.05. The molecular formula is C33H37ClN4O6. The van der Waals surface area contributed by atoms with Crippen molar-refractivity contribution in [1.82, 2.24) is 20.9 Å². The highest BCUT2D eigenvalue weighted by molar-refractivity contribution is 6.31. The lowest BCUT2D eigenvalue weighted by atomic mass is 10.0. The minimum Gasteiger partial charge on any atom is -0.492 e. The molecule has 1 aliphatic heterocycles. The zero-order chi connectivity index (χ0) is 31.5. The Kier molecular flexibility index (Phi) is 11.6. The van der Waals surface area contributed by atoms with E-state index in [1.807, 2.05) is 44.2 Å². The summed E-state index contributed by atoms with van der Waals surface area (Å²) in [5, 5.41) is 8.85. The summed E-state index contributed by atoms with van der Waals surface area (Å²) in [7, 11) is 0. The van der Waals surface area contributed by atoms with Crippen LogP contribution < -0.4 is 25.4 Å². The topological polar surface area (TPSA) is 126 Å². The highest BCUT2D eigenvalue weighted by Crippen LogP contribution is 2.21. The van der Waals surface area contributed by atoms with Gasteiger partial charge in [0.1, 0.15) is 36.8 Å². The Labute approximate surface area is 262 Å². The van der Waals surface area contributed by atoms with Crippen molar-refractivity contribution in [3.63, 3.8) is 0 Å². The molecule has 4 rings (SSSR count). The number of carbonyl (C=O) groups excluding carboxylic acids is 4. The number of aryl methyl sites for hydroxylation is 1. The summed E-state index contributed by atoms with van der Waals surface area (Å²) in [6, 6.07) is 19.1. The van der Waals surface area contributed by atoms with E-state index in [9.17, 15) is 19.2 Å². The fraction of sp³-hybridized carbons (Fsp3) is 0.333. The molecule has 4 amide bonds. The van der Waals surface area contributed by atoms with Crippen molar-refractivity contribution in [1.29, 1.82) is 0 Å². The number of nitrogens with one attached hydrogen (secondary N) is 3. The molecule has 11 heteroatoms. The van der Waals surface area contributed by atoms with Crippen LogP contribution in [0.4, 0.5) is 0 Å². The Morgan fingerprint density at radius 1 is 1.05 bits per heavy atom. The quantitative estimate of drug-likeness (QED) is 0.332. The predicted octanol–water partition coefficient (Wildman–Crippen LogP) is 3.30. The maximum atomic E-state index is 13.6. The Morgan fingerprint density at radius 3 is 2.55 bits per heavy atom. The van der Waals surface area contributed by atoms with Crippen molar-refractivity contribution in [2.24, 2.45) is 0 Å². The number of fused-ring (bicyclic) bond motifs is 1. The first-order chi connectivity index (χ1) is 21.2. The number of likely N-dealkylation sites (N-methyl/N-ethyl adjacent to an activating group) is 1. The third-order valence-corrected chi connectivity index (χ3v) is 7.59. The number of ether oxygens (including phenoxy) is 2. The number of nitrogens with zero attached hydrogens (tertiary/aromatic N) is 1. The second-order valence-electron chi connectivity index (χ2n) is 10.4. The van der Waals surface area contributed by atoms with Crippen LogP contribution in [0.15, 0.2) is 72.8 Å². The number of para-hydroxylation sites is 1. The van der Waals surface area contributed by atoms with Crippen molar-refractivity contribution in [2.75, 3.05) is 32.8 Å². The molecule has 3 N–H and O–H groups in total. The Bertz CT molecular complexity index is 1470. The van der Waals surface area contributed by atoms with Crippen LogP contribution >= 0.6 is 11.6 Å². The van der Waals surface area contributed by atoms with Crippen molar-refractivity contribution in [3.05, 3.63) is 94.5 Å². The van der Waals surface area contributed by atoms with Gasteiger partial charge in [0.05, 0.1) is 25.1 Å². The Morgan fingerprint density at radius 2 is 1.80 bits per heavy atom. The average molecular weight is 621 g/mol. The molecule has 232 valence electrons. The number of rotatable bonds is 8. The molecule has 2 atom stereocenters. The number of amides is 4. The van der Waals surface area contributed by atoms with Gasteiger partial charge in [-0.3, -0.25) is 19.2 Å². The third kappa shape index (κ3) is 8.97. The smallest absolute Gasteiger partial charge is 0.255 e. The van der Waals surface area contributed by atoms with E-state index in [0.717, 1.165) is 11.1 Å². The molecule has 0 unspecified atom stereocenters. The molecule has 0 saturated carbocycles. The summed E-state index contributed by atoms with van der Waals surface area (Å²) < 4.78 is 11.6. The second kappa shape index (κ2) is 15.8. The van der Waals surface area contributed by atoms with E-state index in [4.69, 9.17) is 21.1 Å². The van der Waals surface area contributed by atoms with E-state index in [1.165, 1.54) is 0 Å². The van der Waals surface area contributed by atoms with Gasteiger partial charge in [-0.25, -0.2) is 0 Å². The van der Waals surface area contributed by atoms with E-state index >= 15 is 0 Å². The minimum absolute atomic E-state index is 0.120. The van der Waals surface area contributed by atoms with Gasteiger partial charge in [0.15, 0.2) is 0 Å². The van der Waals surface area contributed by atoms with Crippen LogP contribution in [0.1, 0.15) is 34.8 Å². The third-order valence-electron chi connectivity index (χ3n) is 7.17. The fourth-order valence-corrected chi connectivity index (χ4v) is 4.92. The molecule has 3 aromatic rings. The molecule has 0 aromatic heterocycles. The Hall–Kier alpha value is -4.57. The van der Waals surface area contributed by atoms with Gasteiger partial charge >= 0.3 is 0 Å². The van der Waals surface area contributed by atoms with E-state index in [0.29, 0.717) is 23.1 Å². The molecule has 44 heavy (non-hydrogen) atoms. The van der Waals surface area contributed by atoms with Gasteiger partial charge < -0.3 is 30.3 Å². The predicted molar refractivity (Wildman–Crippen MR) is 167 cm³/mol. The summed E-state index contributed by atoms with van der Waals surface area (Å²) in [5.41, 5.74) is 1.93. The first-order valence-corrected chi connectivity index (χ1v) is 14.9. The molecule has 3 aromatic carbocycles. The van der Waals surface area contributed by atoms with Crippen molar-refractivity contribution in [3.8, 4) is 11.5 Å². The van der Waals surface area contributed by atoms with E-state index in [-0.39, 0.29) is 50.6 Å². The SMILES string of the molecule is CCN1CCOc2ccccc2C(=O)N[C@H](C(=O)NCCOc2ccc(Cl)c(C)c2)CC(=O)N[C@@H](Cc2ccccc2)C1=O. The summed E-state index contributed by atoms with van der Waals surface area (Å²) in [6.45, 7) is 4.77. The summed E-state index contributed by atoms with van der Waals surface area (Å²) in [6.07, 6.45) is -0.126. The number of halogens is 1. The van der Waals surface area contributed by atoms with E-state index < -0.39 is 29.8 Å². The molecule has 0 fully saturated rings. The lowest BCUT2D eigenvalue weighted by Crippen LogP contribution is -2.54. The van der Waals surface area contributed by atoms with Crippen LogP contribution in [-0.2, 0) is 20.8 Å². The first-order valence-electron chi connectivity index (χ1n) is 14.6. The van der Waals surface area contributed by atoms with Crippen LogP contribution in [0.25, 0.3) is 0 Å². The summed E-state index contributed by atoms with van der Waals surface area (Å²) >= 11 is 6.07. The lowest BCUT2D eigenvalue weighted by Gasteiger charge is -2.28. The number of hydrogen-bond acceptors (Lipinski definition) is 6. The van der Waals surface area contributed by atoms with Gasteiger partial charge in [0, 0.05) is 18.0 Å². The number of carbonyl (C=O) groups is 4. The molecular weight excluding hydrogens is 584 g/mol. The lowest BCUT2D eigenvalue weighted by molar-refractivity contribution is -0.137. The van der Waals surface area contributed by atoms with Crippen LogP contribution in [0.5, 0.6) is 11.5 Å². The standard InChI is InChI=1S/C33H37ClN4O6/c1-3-38-16-18-44-29-12-8-7-11-25(29)31(40)37-27(32(41)35-15-17-43-24-13-14-26(34)22(2)19-24)21-30(39)36-28(33(38)42)20-23-9-5-4-6-10-23/h4-14,19,27-28H,3,15-18,20-21H2,1-2H3,(H,35,41)(H,36,39)(H,37,40)/t27-,28-/m0/s1. The van der Waals surface area contributed by atoms with Crippen molar-refractivity contribution >= 4 is 35.2 Å². The maximum absolute atomic E-state index is 13.6. The van der Waals surface area contributed by atoms with Crippen molar-refractivity contribution in [2.45, 2.75) is 38.8 Å². The normalized spacial score (nSPS) is 17.8. The highest BCUT2D eigenvalue weighted by Gasteiger charge is 2.30. The largest absolute Gasteiger partial charge is 0.492 e. The monoisotopic (exact) mass is 620 g/mol. The van der Waals surface area contributed by atoms with E-state index in [1.54, 1.807) is 47.4 Å². The van der Waals surface area contributed by atoms with Gasteiger partial charge in [-0.05, 0) is 55.3 Å². The molecule has 0 radical (unpaired) electrons. The van der Waals surface area contributed by atoms with Gasteiger partial charge in [-0.15, -0.1) is 0 Å². The fourth-order valence-electron chi connectivity index (χ4n) is 4.80. The highest BCUT2D eigenvalue weighted by atomic mass is 35.5. The van der Waals surface area contributed by atoms with Crippen LogP contribution in [-0.4, -0.2) is 73.5 Å². The molecule has 1 aliphatic rings. The first kappa shape index (κ1) is 32.3. The van der Waals surface area contributed by atoms with Crippen LogP contribution in [0, 0.1) is 6.92 Å². The van der Waals surface area contributed by atoms with Gasteiger partial charge in [0.2, 0.25) is 17.7 Å². The molecule has 0 bridgehead atoms. The van der Waals surface area contributed by atoms with Gasteiger partial charge in [-0.2, -0.15) is 0 Å².